The number of ether oxygens (including phenoxy) is 1. The Morgan fingerprint density at radius 2 is 1.89 bits per heavy atom. The average Bonchev–Trinajstić information content (AvgIpc) is 3.31. The molecule has 5 rings (SSSR count). The molecule has 0 bridgehead atoms. The first-order valence-corrected chi connectivity index (χ1v) is 12.3. The maximum Gasteiger partial charge on any atom is 0.149 e. The highest BCUT2D eigenvalue weighted by Gasteiger charge is 2.26. The maximum absolute atomic E-state index is 13.4. The summed E-state index contributed by atoms with van der Waals surface area (Å²) in [4.78, 5) is 9.52. The summed E-state index contributed by atoms with van der Waals surface area (Å²) in [6.45, 7) is 7.23. The topological polar surface area (TPSA) is 73.1 Å². The molecule has 4 aromatic rings. The van der Waals surface area contributed by atoms with E-state index in [1.165, 1.54) is 23.1 Å². The summed E-state index contributed by atoms with van der Waals surface area (Å²) < 4.78 is 19.4. The van der Waals surface area contributed by atoms with Crippen LogP contribution in [0.4, 0.5) is 4.39 Å². The van der Waals surface area contributed by atoms with Crippen LogP contribution >= 0.6 is 0 Å². The summed E-state index contributed by atoms with van der Waals surface area (Å²) >= 11 is 0. The number of aromatic nitrogens is 2. The summed E-state index contributed by atoms with van der Waals surface area (Å²) in [6, 6.07) is 21.1. The number of nitrogens with one attached hydrogen (secondary N) is 1. The lowest BCUT2D eigenvalue weighted by Gasteiger charge is -2.13. The molecule has 188 valence electrons. The van der Waals surface area contributed by atoms with Crippen molar-refractivity contribution in [1.82, 2.24) is 15.3 Å². The lowest BCUT2D eigenvalue weighted by atomic mass is 9.99. The minimum Gasteiger partial charge on any atom is -0.490 e. The maximum atomic E-state index is 13.4. The smallest absolute Gasteiger partial charge is 0.149 e. The Morgan fingerprint density at radius 1 is 1.16 bits per heavy atom. The average molecular weight is 495 g/mol. The van der Waals surface area contributed by atoms with Gasteiger partial charge in [0.05, 0.1) is 18.0 Å². The molecule has 0 fully saturated rings. The first-order valence-electron chi connectivity index (χ1n) is 12.3. The highest BCUT2D eigenvalue weighted by molar-refractivity contribution is 5.84. The number of nitrogens with zero attached hydrogens (tertiary/aromatic N) is 2. The van der Waals surface area contributed by atoms with E-state index in [9.17, 15) is 4.39 Å². The molecule has 1 unspecified atom stereocenters. The predicted molar refractivity (Wildman–Crippen MR) is 148 cm³/mol. The predicted octanol–water partition coefficient (Wildman–Crippen LogP) is 6.05. The Morgan fingerprint density at radius 3 is 2.59 bits per heavy atom. The monoisotopic (exact) mass is 494 g/mol. The number of hydrogen-bond acceptors (Lipinski definition) is 5. The minimum absolute atomic E-state index is 0.258. The molecule has 0 saturated carbocycles. The van der Waals surface area contributed by atoms with Crippen LogP contribution in [0.15, 0.2) is 72.9 Å². The molecule has 5 nitrogen and oxygen atoms in total. The molecule has 0 amide bonds. The first-order chi connectivity index (χ1) is 18.0. The van der Waals surface area contributed by atoms with Crippen LogP contribution in [0.1, 0.15) is 43.6 Å². The van der Waals surface area contributed by atoms with Crippen LogP contribution in [-0.2, 0) is 6.42 Å². The van der Waals surface area contributed by atoms with Crippen molar-refractivity contribution >= 4 is 16.5 Å². The second-order valence-corrected chi connectivity index (χ2v) is 8.79. The number of benzene rings is 2. The molecular formula is C31H31FN4O. The lowest BCUT2D eigenvalue weighted by molar-refractivity contribution is 0.337. The highest BCUT2D eigenvalue weighted by atomic mass is 19.1. The Labute approximate surface area is 217 Å². The van der Waals surface area contributed by atoms with E-state index >= 15 is 0 Å². The van der Waals surface area contributed by atoms with Gasteiger partial charge >= 0.3 is 0 Å². The van der Waals surface area contributed by atoms with E-state index in [1.807, 2.05) is 31.3 Å². The first kappa shape index (κ1) is 25.7. The van der Waals surface area contributed by atoms with Crippen LogP contribution in [0.3, 0.4) is 0 Å². The Balaban J connectivity index is 0.000000747. The molecule has 3 N–H and O–H groups in total. The van der Waals surface area contributed by atoms with E-state index in [0.717, 1.165) is 52.4 Å². The van der Waals surface area contributed by atoms with Crippen LogP contribution in [0.2, 0.25) is 0 Å². The Kier molecular flexibility index (Phi) is 8.37. The van der Waals surface area contributed by atoms with Crippen molar-refractivity contribution in [1.29, 1.82) is 0 Å². The third kappa shape index (κ3) is 6.07. The van der Waals surface area contributed by atoms with Crippen LogP contribution < -0.4 is 15.8 Å². The van der Waals surface area contributed by atoms with E-state index in [2.05, 4.69) is 59.2 Å². The van der Waals surface area contributed by atoms with Gasteiger partial charge in [0.25, 0.3) is 0 Å². The zero-order chi connectivity index (χ0) is 26.2. The number of halogens is 1. The zero-order valence-corrected chi connectivity index (χ0v) is 21.4. The number of rotatable bonds is 6. The molecule has 2 aromatic carbocycles. The van der Waals surface area contributed by atoms with Gasteiger partial charge in [-0.3, -0.25) is 4.98 Å². The van der Waals surface area contributed by atoms with Crippen molar-refractivity contribution in [2.45, 2.75) is 33.1 Å². The van der Waals surface area contributed by atoms with Crippen LogP contribution in [0.5, 0.6) is 5.75 Å². The molecule has 0 spiro atoms. The summed E-state index contributed by atoms with van der Waals surface area (Å²) in [5, 5.41) is 5.82. The van der Waals surface area contributed by atoms with Crippen molar-refractivity contribution in [2.24, 2.45) is 5.73 Å². The quantitative estimate of drug-likeness (QED) is 0.252. The van der Waals surface area contributed by atoms with Gasteiger partial charge in [-0.15, -0.1) is 0 Å². The highest BCUT2D eigenvalue weighted by Crippen LogP contribution is 2.41. The van der Waals surface area contributed by atoms with Gasteiger partial charge in [0.15, 0.2) is 0 Å². The summed E-state index contributed by atoms with van der Waals surface area (Å²) in [5.74, 6) is 3.33. The molecule has 1 aliphatic heterocycles. The molecule has 6 heteroatoms. The molecule has 0 aliphatic carbocycles. The molecule has 1 atom stereocenters. The van der Waals surface area contributed by atoms with Crippen molar-refractivity contribution in [3.8, 4) is 29.0 Å². The van der Waals surface area contributed by atoms with Gasteiger partial charge in [-0.25, -0.2) is 9.37 Å². The lowest BCUT2D eigenvalue weighted by Crippen LogP contribution is -2.17. The minimum atomic E-state index is -0.258. The van der Waals surface area contributed by atoms with E-state index < -0.39 is 0 Å². The number of allylic oxidation sites excluding steroid dienone is 1. The molecule has 2 aromatic heterocycles. The zero-order valence-electron chi connectivity index (χ0n) is 21.4. The second-order valence-electron chi connectivity index (χ2n) is 8.79. The third-order valence-corrected chi connectivity index (χ3v) is 6.22. The van der Waals surface area contributed by atoms with E-state index in [4.69, 9.17) is 9.72 Å². The number of fused-ring (bicyclic) bond motifs is 2. The fraction of sp³-hybridized carbons (Fsp3) is 0.226. The number of hydrogen-bond donors (Lipinski definition) is 2. The van der Waals surface area contributed by atoms with Crippen LogP contribution in [0.25, 0.3) is 27.7 Å². The van der Waals surface area contributed by atoms with Gasteiger partial charge in [0.1, 0.15) is 17.3 Å². The van der Waals surface area contributed by atoms with Crippen molar-refractivity contribution in [3.63, 3.8) is 0 Å². The summed E-state index contributed by atoms with van der Waals surface area (Å²) in [6.07, 6.45) is 4.71. The second kappa shape index (κ2) is 12.0. The third-order valence-electron chi connectivity index (χ3n) is 6.22. The van der Waals surface area contributed by atoms with E-state index in [1.54, 1.807) is 19.1 Å². The molecule has 0 saturated heterocycles. The summed E-state index contributed by atoms with van der Waals surface area (Å²) in [7, 11) is 0. The van der Waals surface area contributed by atoms with E-state index in [-0.39, 0.29) is 5.82 Å². The molecular weight excluding hydrogens is 463 g/mol. The SMILES string of the molecule is CC#CN.CC=C(NCCc1cc2c(c(-c3ccc(F)cc3)n1)OCC2C)c1cc2ccccc2cn1. The van der Waals surface area contributed by atoms with Crippen molar-refractivity contribution in [3.05, 3.63) is 95.7 Å². The normalized spacial score (nSPS) is 14.1. The van der Waals surface area contributed by atoms with Gasteiger partial charge in [-0.2, -0.15) is 0 Å². The Hall–Kier alpha value is -4.37. The largest absolute Gasteiger partial charge is 0.490 e. The van der Waals surface area contributed by atoms with Gasteiger partial charge in [0.2, 0.25) is 0 Å². The molecule has 0 radical (unpaired) electrons. The van der Waals surface area contributed by atoms with Gasteiger partial charge in [0, 0.05) is 53.3 Å². The van der Waals surface area contributed by atoms with Crippen molar-refractivity contribution in [2.75, 3.05) is 13.2 Å². The van der Waals surface area contributed by atoms with Crippen molar-refractivity contribution < 1.29 is 9.13 Å². The van der Waals surface area contributed by atoms with Gasteiger partial charge in [-0.1, -0.05) is 43.2 Å². The summed E-state index contributed by atoms with van der Waals surface area (Å²) in [5.41, 5.74) is 10.4. The van der Waals surface area contributed by atoms with Crippen LogP contribution in [0, 0.1) is 17.8 Å². The van der Waals surface area contributed by atoms with E-state index in [0.29, 0.717) is 12.5 Å². The molecule has 37 heavy (non-hydrogen) atoms. The Bertz CT molecular complexity index is 1460. The number of pyridine rings is 2. The fourth-order valence-corrected chi connectivity index (χ4v) is 4.25. The molecule has 3 heterocycles. The number of nitrogens with two attached hydrogens (primary N) is 1. The fourth-order valence-electron chi connectivity index (χ4n) is 4.25. The molecule has 1 aliphatic rings. The van der Waals surface area contributed by atoms with Gasteiger partial charge < -0.3 is 15.8 Å². The van der Waals surface area contributed by atoms with Crippen LogP contribution in [-0.4, -0.2) is 23.1 Å². The standard InChI is InChI=1S/C28H26FN3O.C3H5N/c1-3-25(26-14-20-6-4-5-7-21(20)16-31-26)30-13-12-23-15-24-18(2)17-33-28(24)27(32-23)19-8-10-22(29)11-9-19;1-2-3-4/h3-11,14-16,18,30H,12-13,17H2,1-2H3;4H2,1H3. The van der Waals surface area contributed by atoms with Gasteiger partial charge in [-0.05, 0) is 55.6 Å².